The summed E-state index contributed by atoms with van der Waals surface area (Å²) in [7, 11) is 0. The lowest BCUT2D eigenvalue weighted by atomic mass is 9.89. The molecule has 0 spiro atoms. The molecule has 3 heterocycles. The van der Waals surface area contributed by atoms with Crippen molar-refractivity contribution < 1.29 is 27.5 Å². The normalized spacial score (nSPS) is 24.7. The number of carbonyl (C=O) groups is 2. The summed E-state index contributed by atoms with van der Waals surface area (Å²) in [6.07, 6.45) is -3.77. The van der Waals surface area contributed by atoms with Crippen LogP contribution in [0, 0.1) is 18.8 Å². The molecule has 2 aliphatic heterocycles. The Morgan fingerprint density at radius 1 is 1.36 bits per heavy atom. The zero-order chi connectivity index (χ0) is 18.2. The van der Waals surface area contributed by atoms with Crippen molar-refractivity contribution in [3.63, 3.8) is 0 Å². The van der Waals surface area contributed by atoms with E-state index in [1.54, 1.807) is 0 Å². The molecule has 2 atom stereocenters. The van der Waals surface area contributed by atoms with Crippen LogP contribution in [-0.2, 0) is 22.3 Å². The lowest BCUT2D eigenvalue weighted by Crippen LogP contribution is -2.57. The van der Waals surface area contributed by atoms with Gasteiger partial charge in [0.15, 0.2) is 5.69 Å². The standard InChI is InChI=1S/C15H19F3N4O3/c1-9-6-12(15(16,17)18)20-22(9)4-3-21-13(23)11(7-19-14(21)24)10-2-5-25-8-10/h6,10-11H,2-5,7-8H2,1H3,(H,19,24). The number of nitrogens with zero attached hydrogens (tertiary/aromatic N) is 3. The Morgan fingerprint density at radius 2 is 2.12 bits per heavy atom. The molecule has 1 aromatic rings. The largest absolute Gasteiger partial charge is 0.435 e. The molecular weight excluding hydrogens is 341 g/mol. The monoisotopic (exact) mass is 360 g/mol. The zero-order valence-corrected chi connectivity index (χ0v) is 13.7. The third-order valence-corrected chi connectivity index (χ3v) is 4.64. The van der Waals surface area contributed by atoms with Gasteiger partial charge in [-0.15, -0.1) is 0 Å². The van der Waals surface area contributed by atoms with Crippen LogP contribution in [0.4, 0.5) is 18.0 Å². The van der Waals surface area contributed by atoms with E-state index in [-0.39, 0.29) is 37.4 Å². The third-order valence-electron chi connectivity index (χ3n) is 4.64. The number of amides is 3. The summed E-state index contributed by atoms with van der Waals surface area (Å²) in [6, 6.07) is 0.414. The second kappa shape index (κ2) is 6.66. The molecule has 0 aromatic carbocycles. The van der Waals surface area contributed by atoms with Crippen LogP contribution in [0.3, 0.4) is 0 Å². The Bertz CT molecular complexity index is 667. The van der Waals surface area contributed by atoms with Gasteiger partial charge in [0.1, 0.15) is 0 Å². The van der Waals surface area contributed by atoms with Crippen LogP contribution in [0.25, 0.3) is 0 Å². The fraction of sp³-hybridized carbons (Fsp3) is 0.667. The van der Waals surface area contributed by atoms with E-state index in [4.69, 9.17) is 4.74 Å². The minimum Gasteiger partial charge on any atom is -0.381 e. The molecule has 10 heteroatoms. The topological polar surface area (TPSA) is 76.5 Å². The number of carbonyl (C=O) groups excluding carboxylic acids is 2. The number of aryl methyl sites for hydroxylation is 1. The van der Waals surface area contributed by atoms with Crippen LogP contribution in [0.5, 0.6) is 0 Å². The van der Waals surface area contributed by atoms with Crippen molar-refractivity contribution in [3.8, 4) is 0 Å². The number of rotatable bonds is 4. The maximum atomic E-state index is 12.7. The number of alkyl halides is 3. The van der Waals surface area contributed by atoms with Crippen LogP contribution in [0.15, 0.2) is 6.07 Å². The molecule has 0 saturated carbocycles. The van der Waals surface area contributed by atoms with Gasteiger partial charge in [0.25, 0.3) is 0 Å². The number of nitrogens with one attached hydrogen (secondary N) is 1. The molecule has 3 amide bonds. The predicted molar refractivity (Wildman–Crippen MR) is 79.5 cm³/mol. The van der Waals surface area contributed by atoms with E-state index in [1.807, 2.05) is 0 Å². The van der Waals surface area contributed by atoms with Crippen molar-refractivity contribution in [2.45, 2.75) is 26.1 Å². The van der Waals surface area contributed by atoms with Crippen LogP contribution in [0.2, 0.25) is 0 Å². The van der Waals surface area contributed by atoms with E-state index in [1.165, 1.54) is 6.92 Å². The van der Waals surface area contributed by atoms with Crippen LogP contribution < -0.4 is 5.32 Å². The number of imide groups is 1. The van der Waals surface area contributed by atoms with E-state index < -0.39 is 17.9 Å². The smallest absolute Gasteiger partial charge is 0.381 e. The predicted octanol–water partition coefficient (Wildman–Crippen LogP) is 1.41. The van der Waals surface area contributed by atoms with E-state index >= 15 is 0 Å². The molecule has 25 heavy (non-hydrogen) atoms. The minimum atomic E-state index is -4.53. The number of hydrogen-bond acceptors (Lipinski definition) is 4. The van der Waals surface area contributed by atoms with Crippen molar-refractivity contribution in [1.29, 1.82) is 0 Å². The zero-order valence-electron chi connectivity index (χ0n) is 13.7. The molecule has 2 aliphatic rings. The van der Waals surface area contributed by atoms with Crippen molar-refractivity contribution in [1.82, 2.24) is 20.0 Å². The molecule has 0 aliphatic carbocycles. The molecule has 1 aromatic heterocycles. The number of halogens is 3. The molecular formula is C15H19F3N4O3. The Kier molecular flexibility index (Phi) is 4.72. The Morgan fingerprint density at radius 3 is 2.72 bits per heavy atom. The van der Waals surface area contributed by atoms with E-state index in [0.717, 1.165) is 22.1 Å². The number of hydrogen-bond donors (Lipinski definition) is 1. The van der Waals surface area contributed by atoms with Crippen molar-refractivity contribution >= 4 is 11.9 Å². The summed E-state index contributed by atoms with van der Waals surface area (Å²) in [4.78, 5) is 25.6. The molecule has 2 unspecified atom stereocenters. The fourth-order valence-corrected chi connectivity index (χ4v) is 3.20. The summed E-state index contributed by atoms with van der Waals surface area (Å²) in [5.74, 6) is -0.608. The second-order valence-electron chi connectivity index (χ2n) is 6.30. The highest BCUT2D eigenvalue weighted by molar-refractivity contribution is 5.98. The molecule has 1 N–H and O–H groups in total. The van der Waals surface area contributed by atoms with E-state index in [9.17, 15) is 22.8 Å². The van der Waals surface area contributed by atoms with Crippen molar-refractivity contribution in [3.05, 3.63) is 17.5 Å². The van der Waals surface area contributed by atoms with Gasteiger partial charge >= 0.3 is 12.2 Å². The maximum Gasteiger partial charge on any atom is 0.435 e. The summed E-state index contributed by atoms with van der Waals surface area (Å²) >= 11 is 0. The van der Waals surface area contributed by atoms with Gasteiger partial charge in [0.05, 0.1) is 25.6 Å². The summed E-state index contributed by atoms with van der Waals surface area (Å²) < 4.78 is 44.6. The average Bonchev–Trinajstić information content (AvgIpc) is 3.17. The molecule has 2 fully saturated rings. The second-order valence-corrected chi connectivity index (χ2v) is 6.30. The SMILES string of the molecule is Cc1cc(C(F)(F)F)nn1CCN1C(=O)NCC(C2CCOC2)C1=O. The fourth-order valence-electron chi connectivity index (χ4n) is 3.20. The molecule has 7 nitrogen and oxygen atoms in total. The van der Waals surface area contributed by atoms with Gasteiger partial charge in [0.2, 0.25) is 5.91 Å². The molecule has 3 rings (SSSR count). The van der Waals surface area contributed by atoms with Gasteiger partial charge < -0.3 is 10.1 Å². The van der Waals surface area contributed by atoms with Crippen LogP contribution >= 0.6 is 0 Å². The molecule has 138 valence electrons. The van der Waals surface area contributed by atoms with E-state index in [2.05, 4.69) is 10.4 Å². The van der Waals surface area contributed by atoms with Crippen LogP contribution in [-0.4, -0.2) is 52.9 Å². The Balaban J connectivity index is 1.68. The highest BCUT2D eigenvalue weighted by Crippen LogP contribution is 2.29. The van der Waals surface area contributed by atoms with Gasteiger partial charge in [-0.05, 0) is 25.3 Å². The van der Waals surface area contributed by atoms with Gasteiger partial charge in [-0.1, -0.05) is 0 Å². The maximum absolute atomic E-state index is 12.7. The third kappa shape index (κ3) is 3.63. The molecule has 0 radical (unpaired) electrons. The quantitative estimate of drug-likeness (QED) is 0.881. The highest BCUT2D eigenvalue weighted by atomic mass is 19.4. The number of aromatic nitrogens is 2. The van der Waals surface area contributed by atoms with E-state index in [0.29, 0.717) is 18.9 Å². The Hall–Kier alpha value is -2.10. The van der Waals surface area contributed by atoms with Gasteiger partial charge in [0, 0.05) is 18.8 Å². The van der Waals surface area contributed by atoms with Gasteiger partial charge in [-0.3, -0.25) is 14.4 Å². The average molecular weight is 360 g/mol. The lowest BCUT2D eigenvalue weighted by Gasteiger charge is -2.33. The van der Waals surface area contributed by atoms with Crippen molar-refractivity contribution in [2.24, 2.45) is 11.8 Å². The number of ether oxygens (including phenoxy) is 1. The highest BCUT2D eigenvalue weighted by Gasteiger charge is 2.40. The van der Waals surface area contributed by atoms with Crippen LogP contribution in [0.1, 0.15) is 17.8 Å². The molecule has 2 saturated heterocycles. The van der Waals surface area contributed by atoms with Gasteiger partial charge in [-0.25, -0.2) is 4.79 Å². The summed E-state index contributed by atoms with van der Waals surface area (Å²) in [6.45, 7) is 2.81. The minimum absolute atomic E-state index is 0.00889. The van der Waals surface area contributed by atoms with Crippen molar-refractivity contribution in [2.75, 3.05) is 26.3 Å². The number of urea groups is 1. The summed E-state index contributed by atoms with van der Waals surface area (Å²) in [5, 5.41) is 6.18. The first kappa shape index (κ1) is 17.7. The lowest BCUT2D eigenvalue weighted by molar-refractivity contribution is -0.141. The first-order valence-electron chi connectivity index (χ1n) is 8.06. The molecule has 0 bridgehead atoms. The first-order valence-corrected chi connectivity index (χ1v) is 8.06. The Labute approximate surface area is 142 Å². The first-order chi connectivity index (χ1) is 11.8. The summed E-state index contributed by atoms with van der Waals surface area (Å²) in [5.41, 5.74) is -0.668. The van der Waals surface area contributed by atoms with Gasteiger partial charge in [-0.2, -0.15) is 18.3 Å².